The molecule has 0 unspecified atom stereocenters. The second kappa shape index (κ2) is 8.09. The highest BCUT2D eigenvalue weighted by Gasteiger charge is 2.16. The Balaban J connectivity index is 1.42. The first-order chi connectivity index (χ1) is 15.2. The van der Waals surface area contributed by atoms with Gasteiger partial charge in [0, 0.05) is 41.3 Å². The number of hydrogen-bond donors (Lipinski definition) is 0. The Morgan fingerprint density at radius 3 is 1.38 bits per heavy atom. The molecule has 0 radical (unpaired) electrons. The van der Waals surface area contributed by atoms with E-state index in [1.807, 2.05) is 0 Å². The van der Waals surface area contributed by atoms with Crippen molar-refractivity contribution in [3.05, 3.63) is 54.3 Å². The first-order valence-electron chi connectivity index (χ1n) is 10.5. The Labute approximate surface area is 181 Å². The van der Waals surface area contributed by atoms with Crippen LogP contribution in [0, 0.1) is 0 Å². The number of aryl methyl sites for hydroxylation is 4. The summed E-state index contributed by atoms with van der Waals surface area (Å²) in [6, 6.07) is 0. The minimum absolute atomic E-state index is 0.301. The lowest BCUT2D eigenvalue weighted by Gasteiger charge is -2.10. The zero-order valence-electron chi connectivity index (χ0n) is 18.6. The van der Waals surface area contributed by atoms with E-state index in [1.54, 1.807) is 37.3 Å². The molecule has 4 rings (SSSR count). The van der Waals surface area contributed by atoms with Crippen LogP contribution in [0.4, 0.5) is 0 Å². The first-order valence-corrected chi connectivity index (χ1v) is 10.5. The van der Waals surface area contributed by atoms with Gasteiger partial charge in [-0.2, -0.15) is 0 Å². The fourth-order valence-electron chi connectivity index (χ4n) is 4.08. The van der Waals surface area contributed by atoms with Crippen molar-refractivity contribution in [2.45, 2.75) is 38.8 Å². The average Bonchev–Trinajstić information content (AvgIpc) is 3.34. The minimum atomic E-state index is -0.388. The van der Waals surface area contributed by atoms with E-state index in [0.717, 1.165) is 12.8 Å². The van der Waals surface area contributed by atoms with Crippen LogP contribution in [-0.2, 0) is 41.3 Å². The summed E-state index contributed by atoms with van der Waals surface area (Å²) >= 11 is 0. The van der Waals surface area contributed by atoms with E-state index < -0.39 is 0 Å². The normalized spacial score (nSPS) is 11.8. The quantitative estimate of drug-likeness (QED) is 0.354. The van der Waals surface area contributed by atoms with E-state index in [1.165, 1.54) is 30.9 Å². The number of imidazole rings is 2. The summed E-state index contributed by atoms with van der Waals surface area (Å²) in [5.41, 5.74) is 0.0693. The Morgan fingerprint density at radius 2 is 1.00 bits per heavy atom. The van der Waals surface area contributed by atoms with Gasteiger partial charge in [0.25, 0.3) is 11.1 Å². The van der Waals surface area contributed by atoms with Crippen LogP contribution in [0.3, 0.4) is 0 Å². The third-order valence-corrected chi connectivity index (χ3v) is 5.92. The van der Waals surface area contributed by atoms with Gasteiger partial charge in [-0.15, -0.1) is 0 Å². The molecule has 4 heterocycles. The van der Waals surface area contributed by atoms with E-state index in [2.05, 4.69) is 9.97 Å². The lowest BCUT2D eigenvalue weighted by Crippen LogP contribution is -2.39. The number of rotatable bonds is 7. The van der Waals surface area contributed by atoms with Crippen molar-refractivity contribution >= 4 is 22.3 Å². The summed E-state index contributed by atoms with van der Waals surface area (Å²) in [6.07, 6.45) is 5.80. The molecule has 0 atom stereocenters. The fourth-order valence-corrected chi connectivity index (χ4v) is 4.08. The van der Waals surface area contributed by atoms with Gasteiger partial charge in [0.1, 0.15) is 0 Å². The van der Waals surface area contributed by atoms with Crippen LogP contribution in [0.5, 0.6) is 0 Å². The molecule has 0 bridgehead atoms. The van der Waals surface area contributed by atoms with Crippen LogP contribution in [0.1, 0.15) is 25.7 Å². The number of hydrogen-bond acceptors (Lipinski definition) is 6. The molecule has 0 amide bonds. The molecule has 12 nitrogen and oxygen atoms in total. The smallest absolute Gasteiger partial charge is 0.328 e. The Kier molecular flexibility index (Phi) is 5.45. The van der Waals surface area contributed by atoms with Crippen LogP contribution in [0.25, 0.3) is 22.3 Å². The highest BCUT2D eigenvalue weighted by molar-refractivity contribution is 5.70. The molecule has 0 aromatic carbocycles. The van der Waals surface area contributed by atoms with Gasteiger partial charge in [-0.05, 0) is 12.8 Å². The Bertz CT molecular complexity index is 1440. The minimum Gasteiger partial charge on any atom is -0.328 e. The van der Waals surface area contributed by atoms with Gasteiger partial charge < -0.3 is 9.13 Å². The van der Waals surface area contributed by atoms with Crippen LogP contribution >= 0.6 is 0 Å². The number of unbranched alkanes of at least 4 members (excludes halogenated alkanes) is 3. The second-order valence-corrected chi connectivity index (χ2v) is 8.07. The van der Waals surface area contributed by atoms with Crippen LogP contribution in [-0.4, -0.2) is 37.4 Å². The van der Waals surface area contributed by atoms with Crippen molar-refractivity contribution in [1.82, 2.24) is 37.4 Å². The molecule has 0 spiro atoms. The van der Waals surface area contributed by atoms with Gasteiger partial charge in [0.05, 0.1) is 12.7 Å². The summed E-state index contributed by atoms with van der Waals surface area (Å²) in [5, 5.41) is 0. The molecular weight excluding hydrogens is 416 g/mol. The van der Waals surface area contributed by atoms with Crippen LogP contribution in [0.2, 0.25) is 0 Å². The molecule has 0 saturated heterocycles. The molecule has 0 aliphatic carbocycles. The first kappa shape index (κ1) is 21.5. The number of fused-ring (bicyclic) bond motifs is 2. The van der Waals surface area contributed by atoms with Crippen molar-refractivity contribution < 1.29 is 0 Å². The molecular formula is C20H26N8O4. The molecule has 0 saturated carbocycles. The second-order valence-electron chi connectivity index (χ2n) is 8.07. The fraction of sp³-hybridized carbons (Fsp3) is 0.500. The van der Waals surface area contributed by atoms with Gasteiger partial charge in [-0.25, -0.2) is 19.6 Å². The molecule has 0 aliphatic rings. The summed E-state index contributed by atoms with van der Waals surface area (Å²) in [4.78, 5) is 58.7. The monoisotopic (exact) mass is 442 g/mol. The van der Waals surface area contributed by atoms with Gasteiger partial charge in [-0.1, -0.05) is 12.8 Å². The summed E-state index contributed by atoms with van der Waals surface area (Å²) in [6.45, 7) is 0.602. The van der Waals surface area contributed by atoms with Crippen LogP contribution in [0.15, 0.2) is 31.8 Å². The van der Waals surface area contributed by atoms with E-state index in [4.69, 9.17) is 0 Å². The highest BCUT2D eigenvalue weighted by atomic mass is 16.2. The zero-order chi connectivity index (χ0) is 23.2. The standard InChI is InChI=1S/C20H26N8O4/c1-23-11-21-15-13(23)17(29)27(19(31)25(15)3)9-7-5-6-8-10-28-18(30)14-16(22-12-24(14)2)26(4)20(28)32/h11-12H,5-10H2,1-4H3. The maximum absolute atomic E-state index is 12.7. The molecule has 4 aromatic heterocycles. The molecule has 0 fully saturated rings. The van der Waals surface area contributed by atoms with Crippen molar-refractivity contribution in [2.75, 3.05) is 0 Å². The number of nitrogens with zero attached hydrogens (tertiary/aromatic N) is 8. The third kappa shape index (κ3) is 3.31. The van der Waals surface area contributed by atoms with Gasteiger partial charge >= 0.3 is 11.4 Å². The van der Waals surface area contributed by atoms with Gasteiger partial charge in [-0.3, -0.25) is 27.9 Å². The highest BCUT2D eigenvalue weighted by Crippen LogP contribution is 2.06. The molecule has 4 aromatic rings. The van der Waals surface area contributed by atoms with Crippen molar-refractivity contribution in [3.8, 4) is 0 Å². The van der Waals surface area contributed by atoms with Crippen molar-refractivity contribution in [2.24, 2.45) is 28.2 Å². The largest absolute Gasteiger partial charge is 0.332 e. The summed E-state index contributed by atoms with van der Waals surface area (Å²) < 4.78 is 8.47. The van der Waals surface area contributed by atoms with E-state index >= 15 is 0 Å². The average molecular weight is 442 g/mol. The maximum Gasteiger partial charge on any atom is 0.332 e. The maximum atomic E-state index is 12.7. The Hall–Kier alpha value is -3.70. The topological polar surface area (TPSA) is 124 Å². The summed E-state index contributed by atoms with van der Waals surface area (Å²) in [7, 11) is 6.65. The lowest BCUT2D eigenvalue weighted by atomic mass is 10.2. The zero-order valence-corrected chi connectivity index (χ0v) is 18.6. The van der Waals surface area contributed by atoms with E-state index in [9.17, 15) is 19.2 Å². The SMILES string of the molecule is Cn1cnc2c1c(=O)n(CCCCCCn1c(=O)c3c(ncn3C)n(C)c1=O)c(=O)n2C. The Morgan fingerprint density at radius 1 is 0.625 bits per heavy atom. The van der Waals surface area contributed by atoms with Crippen LogP contribution < -0.4 is 22.5 Å². The van der Waals surface area contributed by atoms with Crippen molar-refractivity contribution in [3.63, 3.8) is 0 Å². The van der Waals surface area contributed by atoms with E-state index in [-0.39, 0.29) is 22.5 Å². The molecule has 0 N–H and O–H groups in total. The predicted molar refractivity (Wildman–Crippen MR) is 119 cm³/mol. The number of aromatic nitrogens is 8. The van der Waals surface area contributed by atoms with E-state index in [0.29, 0.717) is 48.3 Å². The predicted octanol–water partition coefficient (Wildman–Crippen LogP) is -0.559. The van der Waals surface area contributed by atoms with Crippen molar-refractivity contribution in [1.29, 1.82) is 0 Å². The third-order valence-electron chi connectivity index (χ3n) is 5.92. The molecule has 12 heteroatoms. The van der Waals surface area contributed by atoms with Gasteiger partial charge in [0.2, 0.25) is 0 Å². The van der Waals surface area contributed by atoms with Gasteiger partial charge in [0.15, 0.2) is 22.3 Å². The molecule has 0 aliphatic heterocycles. The lowest BCUT2D eigenvalue weighted by molar-refractivity contribution is 0.502. The summed E-state index contributed by atoms with van der Waals surface area (Å²) in [5.74, 6) is 0. The molecule has 170 valence electrons. The molecule has 32 heavy (non-hydrogen) atoms.